The fourth-order valence-corrected chi connectivity index (χ4v) is 9.38. The smallest absolute Gasteiger partial charge is 0.0547 e. The van der Waals surface area contributed by atoms with E-state index in [0.717, 1.165) is 28.4 Å². The maximum atomic E-state index is 2.42. The van der Waals surface area contributed by atoms with Crippen LogP contribution < -0.4 is 4.90 Å². The molecule has 2 aromatic heterocycles. The van der Waals surface area contributed by atoms with Gasteiger partial charge in [-0.05, 0) is 130 Å². The van der Waals surface area contributed by atoms with Gasteiger partial charge in [0, 0.05) is 50.0 Å². The summed E-state index contributed by atoms with van der Waals surface area (Å²) in [5.41, 5.74) is 15.2. The van der Waals surface area contributed by atoms with Crippen LogP contribution in [0.2, 0.25) is 0 Å². The molecule has 12 rings (SSSR count). The molecule has 0 unspecified atom stereocenters. The summed E-state index contributed by atoms with van der Waals surface area (Å²) in [6.45, 7) is 0. The van der Waals surface area contributed by atoms with Gasteiger partial charge < -0.3 is 14.0 Å². The Bertz CT molecular complexity index is 3520. The summed E-state index contributed by atoms with van der Waals surface area (Å²) in [6, 6.07) is 85.9. The molecule has 0 fully saturated rings. The minimum absolute atomic E-state index is 1.11. The number of hydrogen-bond acceptors (Lipinski definition) is 1. The van der Waals surface area contributed by atoms with E-state index in [1.165, 1.54) is 76.6 Å². The maximum Gasteiger partial charge on any atom is 0.0547 e. The van der Waals surface area contributed by atoms with Crippen molar-refractivity contribution in [3.63, 3.8) is 0 Å². The van der Waals surface area contributed by atoms with E-state index in [0.29, 0.717) is 0 Å². The average Bonchev–Trinajstić information content (AvgIpc) is 3.85. The summed E-state index contributed by atoms with van der Waals surface area (Å²) < 4.78 is 4.82. The zero-order chi connectivity index (χ0) is 40.3. The molecule has 0 aliphatic carbocycles. The van der Waals surface area contributed by atoms with Crippen LogP contribution in [0.15, 0.2) is 237 Å². The van der Waals surface area contributed by atoms with Gasteiger partial charge in [-0.1, -0.05) is 140 Å². The third-order valence-corrected chi connectivity index (χ3v) is 12.3. The minimum atomic E-state index is 1.11. The van der Waals surface area contributed by atoms with E-state index in [9.17, 15) is 0 Å². The maximum absolute atomic E-state index is 2.42. The first-order valence-corrected chi connectivity index (χ1v) is 20.9. The van der Waals surface area contributed by atoms with Gasteiger partial charge in [0.2, 0.25) is 0 Å². The third-order valence-electron chi connectivity index (χ3n) is 12.3. The molecule has 0 N–H and O–H groups in total. The first kappa shape index (κ1) is 34.9. The van der Waals surface area contributed by atoms with Crippen LogP contribution in [0.1, 0.15) is 0 Å². The third kappa shape index (κ3) is 5.90. The van der Waals surface area contributed by atoms with Crippen LogP contribution >= 0.6 is 0 Å². The summed E-state index contributed by atoms with van der Waals surface area (Å²) in [6.07, 6.45) is 0. The van der Waals surface area contributed by atoms with E-state index in [2.05, 4.69) is 251 Å². The van der Waals surface area contributed by atoms with Crippen molar-refractivity contribution in [2.45, 2.75) is 0 Å². The quantitative estimate of drug-likeness (QED) is 0.157. The number of para-hydroxylation sites is 4. The molecule has 0 aliphatic rings. The predicted molar refractivity (Wildman–Crippen MR) is 258 cm³/mol. The second-order valence-electron chi connectivity index (χ2n) is 15.8. The molecule has 2 heterocycles. The number of rotatable bonds is 7. The van der Waals surface area contributed by atoms with Gasteiger partial charge in [0.1, 0.15) is 0 Å². The summed E-state index contributed by atoms with van der Waals surface area (Å²) in [7, 11) is 0. The van der Waals surface area contributed by atoms with Gasteiger partial charge in [-0.2, -0.15) is 0 Å². The van der Waals surface area contributed by atoms with Crippen molar-refractivity contribution in [1.82, 2.24) is 9.13 Å². The molecule has 0 atom stereocenters. The standard InChI is InChI=1S/C58H39N3/c1-3-15-46(16-4-1)59(47-17-5-2-6-18-47)48-31-33-50(34-32-48)61-55-21-11-9-19-51(55)53-35-27-45(39-58(53)61)44-28-36-57-54(38-44)52-20-10-12-22-56(52)60(57)49-29-25-41(26-30-49)43-24-23-40-13-7-8-14-42(40)37-43/h1-39H. The Labute approximate surface area is 354 Å². The lowest BCUT2D eigenvalue weighted by molar-refractivity contribution is 1.17. The van der Waals surface area contributed by atoms with Crippen molar-refractivity contribution < 1.29 is 0 Å². The van der Waals surface area contributed by atoms with Crippen molar-refractivity contribution in [3.05, 3.63) is 237 Å². The van der Waals surface area contributed by atoms with Gasteiger partial charge in [0.15, 0.2) is 0 Å². The molecule has 0 saturated heterocycles. The topological polar surface area (TPSA) is 13.1 Å². The molecule has 12 aromatic rings. The van der Waals surface area contributed by atoms with E-state index in [1.54, 1.807) is 0 Å². The van der Waals surface area contributed by atoms with E-state index in [-0.39, 0.29) is 0 Å². The summed E-state index contributed by atoms with van der Waals surface area (Å²) in [5.74, 6) is 0. The number of aromatic nitrogens is 2. The Morgan fingerprint density at radius 3 is 1.38 bits per heavy atom. The molecule has 10 aromatic carbocycles. The highest BCUT2D eigenvalue weighted by molar-refractivity contribution is 6.12. The number of anilines is 3. The Morgan fingerprint density at radius 1 is 0.246 bits per heavy atom. The largest absolute Gasteiger partial charge is 0.311 e. The molecule has 0 bridgehead atoms. The normalized spacial score (nSPS) is 11.6. The Hall–Kier alpha value is -8.14. The highest BCUT2D eigenvalue weighted by Gasteiger charge is 2.18. The zero-order valence-electron chi connectivity index (χ0n) is 33.4. The molecule has 0 aliphatic heterocycles. The second kappa shape index (κ2) is 14.3. The SMILES string of the molecule is c1ccc(N(c2ccccc2)c2ccc(-n3c4ccccc4c4ccc(-c5ccc6c(c5)c5ccccc5n6-c5ccc(-c6ccc7ccccc7c6)cc5)cc43)cc2)cc1. The lowest BCUT2D eigenvalue weighted by Gasteiger charge is -2.25. The van der Waals surface area contributed by atoms with Gasteiger partial charge in [0.25, 0.3) is 0 Å². The molecular formula is C58H39N3. The lowest BCUT2D eigenvalue weighted by Crippen LogP contribution is -2.09. The van der Waals surface area contributed by atoms with Crippen LogP contribution in [-0.2, 0) is 0 Å². The van der Waals surface area contributed by atoms with Crippen LogP contribution in [0.4, 0.5) is 17.1 Å². The summed E-state index contributed by atoms with van der Waals surface area (Å²) >= 11 is 0. The molecule has 0 amide bonds. The fourth-order valence-electron chi connectivity index (χ4n) is 9.38. The van der Waals surface area contributed by atoms with E-state index in [1.807, 2.05) is 0 Å². The minimum Gasteiger partial charge on any atom is -0.311 e. The van der Waals surface area contributed by atoms with Crippen LogP contribution in [0.25, 0.3) is 88.0 Å². The van der Waals surface area contributed by atoms with Crippen LogP contribution in [0.5, 0.6) is 0 Å². The van der Waals surface area contributed by atoms with Crippen molar-refractivity contribution in [1.29, 1.82) is 0 Å². The Morgan fingerprint density at radius 2 is 0.689 bits per heavy atom. The van der Waals surface area contributed by atoms with E-state index in [4.69, 9.17) is 0 Å². The first-order chi connectivity index (χ1) is 30.2. The Kier molecular flexibility index (Phi) is 8.17. The molecule has 286 valence electrons. The number of nitrogens with zero attached hydrogens (tertiary/aromatic N) is 3. The summed E-state index contributed by atoms with van der Waals surface area (Å²) in [5, 5.41) is 7.48. The van der Waals surface area contributed by atoms with Gasteiger partial charge in [-0.15, -0.1) is 0 Å². The fraction of sp³-hybridized carbons (Fsp3) is 0. The highest BCUT2D eigenvalue weighted by Crippen LogP contribution is 2.40. The molecule has 0 saturated carbocycles. The van der Waals surface area contributed by atoms with Crippen LogP contribution in [-0.4, -0.2) is 9.13 Å². The number of benzene rings is 10. The van der Waals surface area contributed by atoms with E-state index < -0.39 is 0 Å². The number of fused-ring (bicyclic) bond motifs is 7. The van der Waals surface area contributed by atoms with Crippen molar-refractivity contribution >= 4 is 71.4 Å². The van der Waals surface area contributed by atoms with Crippen LogP contribution in [0.3, 0.4) is 0 Å². The van der Waals surface area contributed by atoms with Gasteiger partial charge in [-0.3, -0.25) is 0 Å². The molecule has 0 spiro atoms. The zero-order valence-corrected chi connectivity index (χ0v) is 33.4. The second-order valence-corrected chi connectivity index (χ2v) is 15.8. The highest BCUT2D eigenvalue weighted by atomic mass is 15.1. The molecular weight excluding hydrogens is 739 g/mol. The van der Waals surface area contributed by atoms with Gasteiger partial charge in [-0.25, -0.2) is 0 Å². The van der Waals surface area contributed by atoms with Gasteiger partial charge >= 0.3 is 0 Å². The Balaban J connectivity index is 0.945. The van der Waals surface area contributed by atoms with Crippen molar-refractivity contribution in [2.75, 3.05) is 4.90 Å². The molecule has 3 nitrogen and oxygen atoms in total. The molecule has 0 radical (unpaired) electrons. The summed E-state index contributed by atoms with van der Waals surface area (Å²) in [4.78, 5) is 2.31. The van der Waals surface area contributed by atoms with Crippen molar-refractivity contribution in [2.24, 2.45) is 0 Å². The van der Waals surface area contributed by atoms with Crippen LogP contribution in [0, 0.1) is 0 Å². The first-order valence-electron chi connectivity index (χ1n) is 20.9. The lowest BCUT2D eigenvalue weighted by atomic mass is 10.0. The predicted octanol–water partition coefficient (Wildman–Crippen LogP) is 15.8. The van der Waals surface area contributed by atoms with E-state index >= 15 is 0 Å². The van der Waals surface area contributed by atoms with Gasteiger partial charge in [0.05, 0.1) is 22.1 Å². The monoisotopic (exact) mass is 777 g/mol. The number of hydrogen-bond donors (Lipinski definition) is 0. The molecule has 3 heteroatoms. The van der Waals surface area contributed by atoms with Crippen molar-refractivity contribution in [3.8, 4) is 33.6 Å². The average molecular weight is 778 g/mol. The molecule has 61 heavy (non-hydrogen) atoms.